The van der Waals surface area contributed by atoms with Crippen LogP contribution < -0.4 is 4.90 Å². The summed E-state index contributed by atoms with van der Waals surface area (Å²) in [5.74, 6) is -0.215. The van der Waals surface area contributed by atoms with Gasteiger partial charge in [-0.25, -0.2) is 4.39 Å². The Labute approximate surface area is 146 Å². The van der Waals surface area contributed by atoms with Crippen molar-refractivity contribution in [1.82, 2.24) is 4.90 Å². The summed E-state index contributed by atoms with van der Waals surface area (Å²) >= 11 is 6.08. The first kappa shape index (κ1) is 16.9. The molecule has 1 aliphatic rings. The number of anilines is 1. The number of hydrogen-bond donors (Lipinski definition) is 0. The maximum atomic E-state index is 13.9. The van der Waals surface area contributed by atoms with Gasteiger partial charge in [0.15, 0.2) is 0 Å². The Morgan fingerprint density at radius 1 is 1.21 bits per heavy atom. The first-order valence-corrected chi connectivity index (χ1v) is 8.40. The zero-order valence-electron chi connectivity index (χ0n) is 13.8. The van der Waals surface area contributed by atoms with Gasteiger partial charge < -0.3 is 4.90 Å². The molecule has 0 bridgehead atoms. The largest absolute Gasteiger partial charge is 0.309 e. The normalized spacial score (nSPS) is 18.9. The van der Waals surface area contributed by atoms with E-state index in [1.54, 1.807) is 17.0 Å². The summed E-state index contributed by atoms with van der Waals surface area (Å²) in [5.41, 5.74) is 2.48. The van der Waals surface area contributed by atoms with Crippen LogP contribution in [0, 0.1) is 12.7 Å². The first-order chi connectivity index (χ1) is 11.5. The predicted octanol–water partition coefficient (Wildman–Crippen LogP) is 4.02. The molecule has 1 unspecified atom stereocenters. The summed E-state index contributed by atoms with van der Waals surface area (Å²) in [5, 5.41) is 0.616. The Hall–Kier alpha value is -1.91. The van der Waals surface area contributed by atoms with Crippen molar-refractivity contribution in [3.8, 4) is 0 Å². The second kappa shape index (κ2) is 6.91. The third-order valence-corrected chi connectivity index (χ3v) is 4.81. The maximum Gasteiger partial charge on any atom is 0.244 e. The van der Waals surface area contributed by atoms with E-state index in [9.17, 15) is 9.18 Å². The molecule has 1 atom stereocenters. The van der Waals surface area contributed by atoms with Crippen LogP contribution in [0.5, 0.6) is 0 Å². The lowest BCUT2D eigenvalue weighted by Gasteiger charge is -2.39. The van der Waals surface area contributed by atoms with Crippen molar-refractivity contribution in [2.24, 2.45) is 0 Å². The minimum atomic E-state index is -0.309. The molecule has 0 spiro atoms. The SMILES string of the molecule is Cc1ccc(Cl)cc1N1CCN(Cc2ccccc2F)C(C)C1=O. The Morgan fingerprint density at radius 2 is 1.96 bits per heavy atom. The van der Waals surface area contributed by atoms with Crippen LogP contribution >= 0.6 is 11.6 Å². The number of aryl methyl sites for hydroxylation is 1. The molecule has 1 fully saturated rings. The number of halogens is 2. The van der Waals surface area contributed by atoms with Gasteiger partial charge in [-0.1, -0.05) is 35.9 Å². The first-order valence-electron chi connectivity index (χ1n) is 8.02. The molecule has 0 radical (unpaired) electrons. The van der Waals surface area contributed by atoms with Gasteiger partial charge in [-0.05, 0) is 37.6 Å². The Morgan fingerprint density at radius 3 is 2.71 bits per heavy atom. The molecule has 1 aliphatic heterocycles. The van der Waals surface area contributed by atoms with Crippen LogP contribution in [0.15, 0.2) is 42.5 Å². The van der Waals surface area contributed by atoms with E-state index in [1.165, 1.54) is 6.07 Å². The summed E-state index contributed by atoms with van der Waals surface area (Å²) in [6.45, 7) is 5.53. The quantitative estimate of drug-likeness (QED) is 0.838. The second-order valence-electron chi connectivity index (χ2n) is 6.16. The number of benzene rings is 2. The second-order valence-corrected chi connectivity index (χ2v) is 6.59. The van der Waals surface area contributed by atoms with Gasteiger partial charge in [0.05, 0.1) is 6.04 Å². The molecule has 2 aromatic rings. The minimum Gasteiger partial charge on any atom is -0.309 e. The molecular weight excluding hydrogens is 327 g/mol. The van der Waals surface area contributed by atoms with Gasteiger partial charge in [0.25, 0.3) is 0 Å². The van der Waals surface area contributed by atoms with Gasteiger partial charge in [0.1, 0.15) is 5.82 Å². The molecule has 0 aromatic heterocycles. The number of carbonyl (C=O) groups is 1. The van der Waals surface area contributed by atoms with E-state index >= 15 is 0 Å². The molecule has 3 rings (SSSR count). The van der Waals surface area contributed by atoms with Gasteiger partial charge in [-0.15, -0.1) is 0 Å². The van der Waals surface area contributed by atoms with E-state index in [1.807, 2.05) is 43.0 Å². The van der Waals surface area contributed by atoms with E-state index < -0.39 is 0 Å². The molecule has 3 nitrogen and oxygen atoms in total. The van der Waals surface area contributed by atoms with E-state index in [-0.39, 0.29) is 17.8 Å². The van der Waals surface area contributed by atoms with Gasteiger partial charge in [0, 0.05) is 35.9 Å². The highest BCUT2D eigenvalue weighted by molar-refractivity contribution is 6.31. The highest BCUT2D eigenvalue weighted by atomic mass is 35.5. The van der Waals surface area contributed by atoms with Gasteiger partial charge in [-0.3, -0.25) is 9.69 Å². The van der Waals surface area contributed by atoms with Gasteiger partial charge >= 0.3 is 0 Å². The Balaban J connectivity index is 1.79. The van der Waals surface area contributed by atoms with E-state index in [0.29, 0.717) is 30.2 Å². The van der Waals surface area contributed by atoms with Crippen LogP contribution in [0.25, 0.3) is 0 Å². The lowest BCUT2D eigenvalue weighted by atomic mass is 10.1. The van der Waals surface area contributed by atoms with Crippen molar-refractivity contribution in [2.75, 3.05) is 18.0 Å². The van der Waals surface area contributed by atoms with Crippen LogP contribution in [-0.2, 0) is 11.3 Å². The van der Waals surface area contributed by atoms with Crippen molar-refractivity contribution in [1.29, 1.82) is 0 Å². The molecule has 126 valence electrons. The monoisotopic (exact) mass is 346 g/mol. The molecule has 1 heterocycles. The smallest absolute Gasteiger partial charge is 0.244 e. The lowest BCUT2D eigenvalue weighted by Crippen LogP contribution is -2.55. The van der Waals surface area contributed by atoms with Crippen molar-refractivity contribution < 1.29 is 9.18 Å². The fourth-order valence-corrected chi connectivity index (χ4v) is 3.25. The zero-order valence-corrected chi connectivity index (χ0v) is 14.6. The van der Waals surface area contributed by atoms with E-state index in [0.717, 1.165) is 11.3 Å². The molecule has 0 saturated carbocycles. The number of rotatable bonds is 3. The molecular formula is C19H20ClFN2O. The number of hydrogen-bond acceptors (Lipinski definition) is 2. The van der Waals surface area contributed by atoms with E-state index in [2.05, 4.69) is 0 Å². The van der Waals surface area contributed by atoms with E-state index in [4.69, 9.17) is 11.6 Å². The molecule has 0 N–H and O–H groups in total. The number of nitrogens with zero attached hydrogens (tertiary/aromatic N) is 2. The van der Waals surface area contributed by atoms with Gasteiger partial charge in [0.2, 0.25) is 5.91 Å². The molecule has 24 heavy (non-hydrogen) atoms. The van der Waals surface area contributed by atoms with Crippen molar-refractivity contribution in [3.63, 3.8) is 0 Å². The number of carbonyl (C=O) groups excluding carboxylic acids is 1. The lowest BCUT2D eigenvalue weighted by molar-refractivity contribution is -0.125. The molecule has 1 amide bonds. The predicted molar refractivity (Wildman–Crippen MR) is 94.8 cm³/mol. The van der Waals surface area contributed by atoms with Gasteiger partial charge in [-0.2, -0.15) is 0 Å². The molecule has 0 aliphatic carbocycles. The van der Waals surface area contributed by atoms with Crippen molar-refractivity contribution in [3.05, 3.63) is 64.4 Å². The minimum absolute atomic E-state index is 0.0166. The number of piperazine rings is 1. The molecule has 5 heteroatoms. The Bertz CT molecular complexity index is 765. The molecule has 1 saturated heterocycles. The van der Waals surface area contributed by atoms with Crippen LogP contribution in [0.1, 0.15) is 18.1 Å². The molecule has 2 aromatic carbocycles. The third-order valence-electron chi connectivity index (χ3n) is 4.58. The zero-order chi connectivity index (χ0) is 17.3. The highest BCUT2D eigenvalue weighted by Gasteiger charge is 2.33. The van der Waals surface area contributed by atoms with Crippen molar-refractivity contribution >= 4 is 23.2 Å². The summed E-state index contributed by atoms with van der Waals surface area (Å²) in [4.78, 5) is 16.6. The van der Waals surface area contributed by atoms with Crippen LogP contribution in [0.2, 0.25) is 5.02 Å². The fourth-order valence-electron chi connectivity index (χ4n) is 3.09. The maximum absolute atomic E-state index is 13.9. The average Bonchev–Trinajstić information content (AvgIpc) is 2.56. The highest BCUT2D eigenvalue weighted by Crippen LogP contribution is 2.28. The fraction of sp³-hybridized carbons (Fsp3) is 0.316. The third kappa shape index (κ3) is 3.30. The van der Waals surface area contributed by atoms with Crippen LogP contribution in [-0.4, -0.2) is 29.9 Å². The summed E-state index contributed by atoms with van der Waals surface area (Å²) in [7, 11) is 0. The summed E-state index contributed by atoms with van der Waals surface area (Å²) in [6, 6.07) is 12.0. The summed E-state index contributed by atoms with van der Waals surface area (Å²) in [6.07, 6.45) is 0. The Kier molecular flexibility index (Phi) is 4.88. The van der Waals surface area contributed by atoms with Crippen LogP contribution in [0.4, 0.5) is 10.1 Å². The number of amides is 1. The average molecular weight is 347 g/mol. The van der Waals surface area contributed by atoms with Crippen molar-refractivity contribution in [2.45, 2.75) is 26.4 Å². The topological polar surface area (TPSA) is 23.6 Å². The summed E-state index contributed by atoms with van der Waals surface area (Å²) < 4.78 is 13.9. The standard InChI is InChI=1S/C19H20ClFN2O/c1-13-7-8-16(20)11-18(13)23-10-9-22(14(2)19(23)24)12-15-5-3-4-6-17(15)21/h3-8,11,14H,9-10,12H2,1-2H3. The van der Waals surface area contributed by atoms with Crippen LogP contribution in [0.3, 0.4) is 0 Å².